The largest absolute Gasteiger partial charge is 0.476 e. The number of aliphatic imine (C=N–C) groups is 1. The Labute approximate surface area is 339 Å². The number of aromatic carboxylic acids is 1. The third-order valence-corrected chi connectivity index (χ3v) is 13.2. The van der Waals surface area contributed by atoms with Gasteiger partial charge in [0.05, 0.1) is 22.4 Å². The lowest BCUT2D eigenvalue weighted by Gasteiger charge is -2.69. The van der Waals surface area contributed by atoms with Crippen LogP contribution in [0.1, 0.15) is 93.8 Å². The number of carboxylic acids is 1. The number of aliphatic hydroxyl groups excluding tert-OH is 1. The molecule has 14 heteroatoms. The molecule has 57 heavy (non-hydrogen) atoms. The van der Waals surface area contributed by atoms with Crippen LogP contribution in [-0.4, -0.2) is 99.5 Å². The van der Waals surface area contributed by atoms with Gasteiger partial charge in [-0.05, 0) is 131 Å². The Kier molecular flexibility index (Phi) is 11.4. The number of ether oxygens (including phenoxy) is 1. The van der Waals surface area contributed by atoms with E-state index in [4.69, 9.17) is 20.6 Å². The van der Waals surface area contributed by atoms with Crippen LogP contribution in [0.25, 0.3) is 15.8 Å². The van der Waals surface area contributed by atoms with Crippen LogP contribution in [0, 0.1) is 23.2 Å². The molecule has 0 radical (unpaired) electrons. The molecule has 4 aliphatic carbocycles. The molecular weight excluding hydrogens is 739 g/mol. The highest BCUT2D eigenvalue weighted by atomic mass is 32.1. The van der Waals surface area contributed by atoms with Crippen molar-refractivity contribution in [3.8, 4) is 0 Å². The standard InChI is InChI=1S/C43H57N9O4S/c1-28-19-35(49-50-37(28)48-39-46-32-11-7-8-12-33(32)57-39)52(6)34-14-13-30(36(47-34)38(54)55)31(20-44)29(2)45-27-42-22-40(3)21-41(4,23-42)25-43(24-40,26-42)56-18-16-51(5)15-9-10-17-53/h7-8,11-14,19-20,53H,9-10,15-18,21-27,44H2,1-6H3,(H,54,55)(H,46,48,50). The van der Waals surface area contributed by atoms with E-state index in [9.17, 15) is 9.90 Å². The highest BCUT2D eigenvalue weighted by molar-refractivity contribution is 7.22. The van der Waals surface area contributed by atoms with E-state index in [0.29, 0.717) is 47.5 Å². The van der Waals surface area contributed by atoms with Crippen LogP contribution in [0.15, 0.2) is 53.7 Å². The van der Waals surface area contributed by atoms with Crippen molar-refractivity contribution >= 4 is 61.4 Å². The Balaban J connectivity index is 1.06. The topological polar surface area (TPSA) is 175 Å². The fourth-order valence-electron chi connectivity index (χ4n) is 10.9. The fourth-order valence-corrected chi connectivity index (χ4v) is 11.7. The van der Waals surface area contributed by atoms with Crippen molar-refractivity contribution in [2.75, 3.05) is 57.2 Å². The highest BCUT2D eigenvalue weighted by Gasteiger charge is 2.66. The van der Waals surface area contributed by atoms with E-state index in [1.165, 1.54) is 12.6 Å². The lowest BCUT2D eigenvalue weighted by molar-refractivity contribution is -0.242. The van der Waals surface area contributed by atoms with Gasteiger partial charge >= 0.3 is 5.97 Å². The molecule has 0 spiro atoms. The van der Waals surface area contributed by atoms with Gasteiger partial charge in [-0.3, -0.25) is 4.99 Å². The molecule has 4 bridgehead atoms. The van der Waals surface area contributed by atoms with Gasteiger partial charge in [0.2, 0.25) is 0 Å². The minimum absolute atomic E-state index is 0.00861. The van der Waals surface area contributed by atoms with Crippen LogP contribution in [0.4, 0.5) is 22.6 Å². The average Bonchev–Trinajstić information content (AvgIpc) is 3.56. The molecule has 0 aliphatic heterocycles. The third-order valence-electron chi connectivity index (χ3n) is 12.2. The van der Waals surface area contributed by atoms with E-state index < -0.39 is 5.97 Å². The second-order valence-electron chi connectivity index (χ2n) is 17.7. The van der Waals surface area contributed by atoms with Gasteiger partial charge in [-0.15, -0.1) is 10.2 Å². The zero-order valence-electron chi connectivity index (χ0n) is 34.1. The van der Waals surface area contributed by atoms with E-state index in [0.717, 1.165) is 78.9 Å². The summed E-state index contributed by atoms with van der Waals surface area (Å²) in [4.78, 5) is 31.2. The molecule has 3 aromatic heterocycles. The molecule has 4 saturated carbocycles. The summed E-state index contributed by atoms with van der Waals surface area (Å²) in [6, 6.07) is 13.3. The summed E-state index contributed by atoms with van der Waals surface area (Å²) >= 11 is 1.54. The number of hydrogen-bond donors (Lipinski definition) is 4. The number of likely N-dealkylation sites (N-methyl/N-ethyl adjacent to an activating group) is 1. The summed E-state index contributed by atoms with van der Waals surface area (Å²) in [5, 5.41) is 32.4. The molecule has 8 rings (SSSR count). The summed E-state index contributed by atoms with van der Waals surface area (Å²) in [7, 11) is 3.91. The van der Waals surface area contributed by atoms with Crippen molar-refractivity contribution in [2.24, 2.45) is 27.0 Å². The number of aliphatic hydroxyl groups is 1. The number of carboxylic acid groups (broad SMARTS) is 1. The molecule has 4 aliphatic rings. The zero-order valence-corrected chi connectivity index (χ0v) is 35.0. The number of benzene rings is 1. The van der Waals surface area contributed by atoms with E-state index in [2.05, 4.69) is 51.3 Å². The van der Waals surface area contributed by atoms with Crippen LogP contribution in [0.3, 0.4) is 0 Å². The number of hydrogen-bond acceptors (Lipinski definition) is 13. The lowest BCUT2D eigenvalue weighted by Crippen LogP contribution is -2.64. The average molecular weight is 796 g/mol. The summed E-state index contributed by atoms with van der Waals surface area (Å²) in [6.45, 7) is 12.1. The van der Waals surface area contributed by atoms with Crippen LogP contribution in [-0.2, 0) is 4.74 Å². The second kappa shape index (κ2) is 16.0. The first kappa shape index (κ1) is 40.7. The molecule has 2 atom stereocenters. The third kappa shape index (κ3) is 8.69. The number of anilines is 4. The molecule has 0 saturated heterocycles. The first-order valence-corrected chi connectivity index (χ1v) is 20.8. The summed E-state index contributed by atoms with van der Waals surface area (Å²) in [5.41, 5.74) is 9.73. The Hall–Kier alpha value is -4.50. The van der Waals surface area contributed by atoms with Crippen molar-refractivity contribution in [1.29, 1.82) is 0 Å². The molecular formula is C43H57N9O4S. The Bertz CT molecular complexity index is 2140. The summed E-state index contributed by atoms with van der Waals surface area (Å²) in [6.07, 6.45) is 9.78. The minimum Gasteiger partial charge on any atom is -0.476 e. The highest BCUT2D eigenvalue weighted by Crippen LogP contribution is 2.71. The molecule has 3 heterocycles. The van der Waals surface area contributed by atoms with Gasteiger partial charge in [0.1, 0.15) is 5.82 Å². The maximum Gasteiger partial charge on any atom is 0.355 e. The van der Waals surface area contributed by atoms with Crippen molar-refractivity contribution in [3.05, 3.63) is 65.5 Å². The number of aromatic nitrogens is 4. The van der Waals surface area contributed by atoms with E-state index >= 15 is 0 Å². The molecule has 5 N–H and O–H groups in total. The van der Waals surface area contributed by atoms with Gasteiger partial charge in [-0.25, -0.2) is 14.8 Å². The van der Waals surface area contributed by atoms with Crippen molar-refractivity contribution in [3.63, 3.8) is 0 Å². The van der Waals surface area contributed by atoms with Gasteiger partial charge < -0.3 is 35.8 Å². The Morgan fingerprint density at radius 1 is 1.00 bits per heavy atom. The normalized spacial score (nSPS) is 25.8. The van der Waals surface area contributed by atoms with Gasteiger partial charge in [0.15, 0.2) is 22.5 Å². The van der Waals surface area contributed by atoms with Crippen LogP contribution >= 0.6 is 11.3 Å². The van der Waals surface area contributed by atoms with E-state index in [1.807, 2.05) is 44.2 Å². The number of allylic oxidation sites excluding steroid dienone is 1. The molecule has 304 valence electrons. The minimum atomic E-state index is -1.16. The Morgan fingerprint density at radius 2 is 1.75 bits per heavy atom. The number of nitrogens with two attached hydrogens (primary N) is 1. The number of nitrogens with zero attached hydrogens (tertiary/aromatic N) is 7. The van der Waals surface area contributed by atoms with Gasteiger partial charge in [-0.2, -0.15) is 0 Å². The smallest absolute Gasteiger partial charge is 0.355 e. The van der Waals surface area contributed by atoms with Crippen molar-refractivity contribution < 1.29 is 19.7 Å². The Morgan fingerprint density at radius 3 is 2.44 bits per heavy atom. The fraction of sp³-hybridized carbons (Fsp3) is 0.535. The molecule has 0 amide bonds. The number of thiazole rings is 1. The zero-order chi connectivity index (χ0) is 40.6. The number of aryl methyl sites for hydroxylation is 1. The number of carbonyl (C=O) groups is 1. The number of para-hydroxylation sites is 1. The van der Waals surface area contributed by atoms with E-state index in [1.54, 1.807) is 35.4 Å². The van der Waals surface area contributed by atoms with Crippen LogP contribution in [0.2, 0.25) is 0 Å². The molecule has 1 aromatic carbocycles. The lowest BCUT2D eigenvalue weighted by atomic mass is 9.39. The van der Waals surface area contributed by atoms with Gasteiger partial charge in [0.25, 0.3) is 0 Å². The van der Waals surface area contributed by atoms with Crippen LogP contribution in [0.5, 0.6) is 0 Å². The van der Waals surface area contributed by atoms with Crippen LogP contribution < -0.4 is 16.0 Å². The van der Waals surface area contributed by atoms with Gasteiger partial charge in [0, 0.05) is 49.8 Å². The monoisotopic (exact) mass is 795 g/mol. The first-order valence-electron chi connectivity index (χ1n) is 20.0. The molecule has 4 fully saturated rings. The number of fused-ring (bicyclic) bond motifs is 1. The van der Waals surface area contributed by atoms with E-state index in [-0.39, 0.29) is 34.1 Å². The quantitative estimate of drug-likeness (QED) is 0.0610. The SMILES string of the molecule is CC(=NCC12CC3(C)CC(C)(C1)CC(OCCN(C)CCCCO)(C3)C2)C(=CN)c1ccc(N(C)c2cc(C)c(Nc3nc4ccccc4s3)nn2)nc1C(=O)O. The maximum atomic E-state index is 12.7. The van der Waals surface area contributed by atoms with Crippen molar-refractivity contribution in [2.45, 2.75) is 84.7 Å². The van der Waals surface area contributed by atoms with Gasteiger partial charge in [-0.1, -0.05) is 37.3 Å². The number of rotatable bonds is 17. The molecule has 13 nitrogen and oxygen atoms in total. The number of pyridine rings is 1. The molecule has 2 unspecified atom stereocenters. The predicted octanol–water partition coefficient (Wildman–Crippen LogP) is 7.60. The molecule has 4 aromatic rings. The predicted molar refractivity (Wildman–Crippen MR) is 228 cm³/mol. The second-order valence-corrected chi connectivity index (χ2v) is 18.7. The number of nitrogens with one attached hydrogen (secondary N) is 1. The first-order chi connectivity index (χ1) is 27.2. The number of unbranched alkanes of at least 4 members (excludes halogenated alkanes) is 1. The summed E-state index contributed by atoms with van der Waals surface area (Å²) < 4.78 is 7.98. The van der Waals surface area contributed by atoms with Crippen molar-refractivity contribution in [1.82, 2.24) is 25.1 Å². The summed E-state index contributed by atoms with van der Waals surface area (Å²) in [5.74, 6) is 0.335. The maximum absolute atomic E-state index is 12.7.